The number of aliphatic carboxylic acids is 1. The summed E-state index contributed by atoms with van der Waals surface area (Å²) < 4.78 is 10.5. The van der Waals surface area contributed by atoms with E-state index < -0.39 is 35.4 Å². The summed E-state index contributed by atoms with van der Waals surface area (Å²) in [6, 6.07) is 3.09. The number of aromatic nitrogens is 2. The molecule has 1 aromatic heterocycles. The molecule has 1 aromatic rings. The van der Waals surface area contributed by atoms with E-state index in [9.17, 15) is 14.7 Å². The molecule has 116 valence electrons. The number of carboxylic acid groups (broad SMARTS) is 1. The van der Waals surface area contributed by atoms with E-state index in [0.29, 0.717) is 5.88 Å². The molecular weight excluding hydrogens is 290 g/mol. The number of rotatable bonds is 4. The van der Waals surface area contributed by atoms with E-state index >= 15 is 0 Å². The number of hydrogen-bond acceptors (Lipinski definition) is 6. The van der Waals surface area contributed by atoms with E-state index in [1.807, 2.05) is 0 Å². The number of methoxy groups -OCH3 is 1. The number of carbonyl (C=O) groups excluding carboxylic acids is 1. The standard InChI is InChI=1S/C14H15N3O5/c1-14-6-5-7(22-14)10(13(19)20)11(14)12(18)15-8-3-4-9(21-2)17-16-8/h3-7,10-11H,1-2H3,(H,19,20)(H,15,16,18)/t7-,10-,11+,14-/m1/s1. The van der Waals surface area contributed by atoms with Gasteiger partial charge in [-0.15, -0.1) is 10.2 Å². The van der Waals surface area contributed by atoms with Gasteiger partial charge >= 0.3 is 5.97 Å². The van der Waals surface area contributed by atoms with Crippen LogP contribution in [0.2, 0.25) is 0 Å². The maximum absolute atomic E-state index is 12.5. The van der Waals surface area contributed by atoms with Gasteiger partial charge in [-0.05, 0) is 13.0 Å². The molecule has 2 bridgehead atoms. The second-order valence-corrected chi connectivity index (χ2v) is 5.42. The second-order valence-electron chi connectivity index (χ2n) is 5.42. The fourth-order valence-electron chi connectivity index (χ4n) is 2.98. The predicted octanol–water partition coefficient (Wildman–Crippen LogP) is 0.468. The summed E-state index contributed by atoms with van der Waals surface area (Å²) in [4.78, 5) is 23.9. The number of carbonyl (C=O) groups is 2. The molecular formula is C14H15N3O5. The van der Waals surface area contributed by atoms with Crippen LogP contribution in [0.15, 0.2) is 24.3 Å². The molecule has 2 aliphatic rings. The van der Waals surface area contributed by atoms with E-state index in [1.54, 1.807) is 25.1 Å². The van der Waals surface area contributed by atoms with Crippen molar-refractivity contribution in [2.24, 2.45) is 11.8 Å². The summed E-state index contributed by atoms with van der Waals surface area (Å²) in [5.74, 6) is -2.71. The summed E-state index contributed by atoms with van der Waals surface area (Å²) >= 11 is 0. The lowest BCUT2D eigenvalue weighted by atomic mass is 9.76. The number of ether oxygens (including phenoxy) is 2. The topological polar surface area (TPSA) is 111 Å². The van der Waals surface area contributed by atoms with Crippen molar-refractivity contribution in [2.45, 2.75) is 18.6 Å². The second kappa shape index (κ2) is 5.06. The van der Waals surface area contributed by atoms with Crippen molar-refractivity contribution in [3.8, 4) is 5.88 Å². The molecule has 3 heterocycles. The molecule has 0 aromatic carbocycles. The fraction of sp³-hybridized carbons (Fsp3) is 0.429. The Morgan fingerprint density at radius 3 is 2.77 bits per heavy atom. The molecule has 3 rings (SSSR count). The minimum Gasteiger partial charge on any atom is -0.481 e. The van der Waals surface area contributed by atoms with Gasteiger partial charge in [0, 0.05) is 6.07 Å². The van der Waals surface area contributed by atoms with Gasteiger partial charge in [0.2, 0.25) is 11.8 Å². The van der Waals surface area contributed by atoms with Crippen molar-refractivity contribution >= 4 is 17.7 Å². The monoisotopic (exact) mass is 305 g/mol. The normalized spacial score (nSPS) is 32.0. The van der Waals surface area contributed by atoms with Gasteiger partial charge in [-0.1, -0.05) is 12.2 Å². The maximum atomic E-state index is 12.5. The minimum absolute atomic E-state index is 0.227. The fourth-order valence-corrected chi connectivity index (χ4v) is 2.98. The molecule has 22 heavy (non-hydrogen) atoms. The van der Waals surface area contributed by atoms with Crippen LogP contribution in [0, 0.1) is 11.8 Å². The molecule has 8 heteroatoms. The summed E-state index contributed by atoms with van der Waals surface area (Å²) in [6.07, 6.45) is 2.84. The molecule has 1 saturated heterocycles. The van der Waals surface area contributed by atoms with Gasteiger partial charge < -0.3 is 19.9 Å². The number of hydrogen-bond donors (Lipinski definition) is 2. The van der Waals surface area contributed by atoms with Crippen LogP contribution in [-0.4, -0.2) is 46.0 Å². The molecule has 1 amide bonds. The summed E-state index contributed by atoms with van der Waals surface area (Å²) in [6.45, 7) is 1.70. The van der Waals surface area contributed by atoms with E-state index in [0.717, 1.165) is 0 Å². The van der Waals surface area contributed by atoms with Crippen molar-refractivity contribution in [3.63, 3.8) is 0 Å². The first-order chi connectivity index (χ1) is 10.4. The van der Waals surface area contributed by atoms with Crippen molar-refractivity contribution < 1.29 is 24.2 Å². The number of anilines is 1. The highest BCUT2D eigenvalue weighted by molar-refractivity contribution is 5.96. The van der Waals surface area contributed by atoms with Gasteiger partial charge in [0.1, 0.15) is 5.92 Å². The summed E-state index contributed by atoms with van der Waals surface area (Å²) in [5.41, 5.74) is -0.919. The number of nitrogens with zero attached hydrogens (tertiary/aromatic N) is 2. The lowest BCUT2D eigenvalue weighted by Gasteiger charge is -2.27. The first-order valence-corrected chi connectivity index (χ1v) is 6.73. The van der Waals surface area contributed by atoms with Crippen molar-refractivity contribution in [3.05, 3.63) is 24.3 Å². The minimum atomic E-state index is -1.06. The number of amides is 1. The quantitative estimate of drug-likeness (QED) is 0.778. The third-order valence-corrected chi connectivity index (χ3v) is 4.01. The SMILES string of the molecule is COc1ccc(NC(=O)[C@@H]2[C@H](C(=O)O)[C@H]3C=C[C@@]2(C)O3)nn1. The predicted molar refractivity (Wildman–Crippen MR) is 74.2 cm³/mol. The van der Waals surface area contributed by atoms with Gasteiger partial charge in [0.05, 0.1) is 24.7 Å². The van der Waals surface area contributed by atoms with Crippen molar-refractivity contribution in [1.82, 2.24) is 10.2 Å². The van der Waals surface area contributed by atoms with Crippen molar-refractivity contribution in [2.75, 3.05) is 12.4 Å². The largest absolute Gasteiger partial charge is 0.481 e. The molecule has 0 aliphatic carbocycles. The lowest BCUT2D eigenvalue weighted by molar-refractivity contribution is -0.146. The maximum Gasteiger partial charge on any atom is 0.310 e. The molecule has 0 saturated carbocycles. The Labute approximate surface area is 126 Å². The van der Waals surface area contributed by atoms with Gasteiger partial charge in [0.15, 0.2) is 5.82 Å². The Hall–Kier alpha value is -2.48. The van der Waals surface area contributed by atoms with Crippen LogP contribution in [-0.2, 0) is 14.3 Å². The highest BCUT2D eigenvalue weighted by Gasteiger charge is 2.59. The van der Waals surface area contributed by atoms with Crippen LogP contribution in [0.4, 0.5) is 5.82 Å². The zero-order chi connectivity index (χ0) is 15.9. The van der Waals surface area contributed by atoms with Gasteiger partial charge in [-0.3, -0.25) is 9.59 Å². The van der Waals surface area contributed by atoms with Crippen molar-refractivity contribution in [1.29, 1.82) is 0 Å². The first-order valence-electron chi connectivity index (χ1n) is 6.73. The van der Waals surface area contributed by atoms with E-state index in [4.69, 9.17) is 9.47 Å². The molecule has 2 aliphatic heterocycles. The number of carboxylic acids is 1. The molecule has 0 spiro atoms. The van der Waals surface area contributed by atoms with Gasteiger partial charge in [-0.2, -0.15) is 0 Å². The third kappa shape index (κ3) is 2.21. The summed E-state index contributed by atoms with van der Waals surface area (Å²) in [7, 11) is 1.46. The Balaban J connectivity index is 1.81. The van der Waals surface area contributed by atoms with E-state index in [-0.39, 0.29) is 5.82 Å². The first kappa shape index (κ1) is 14.5. The zero-order valence-electron chi connectivity index (χ0n) is 12.0. The molecule has 8 nitrogen and oxygen atoms in total. The smallest absolute Gasteiger partial charge is 0.310 e. The van der Waals surface area contributed by atoms with Crippen LogP contribution in [0.25, 0.3) is 0 Å². The number of nitrogens with one attached hydrogen (secondary N) is 1. The Morgan fingerprint density at radius 1 is 1.41 bits per heavy atom. The molecule has 0 unspecified atom stereocenters. The Morgan fingerprint density at radius 2 is 2.18 bits per heavy atom. The number of fused-ring (bicyclic) bond motifs is 2. The molecule has 0 radical (unpaired) electrons. The Kier molecular flexibility index (Phi) is 3.32. The average molecular weight is 305 g/mol. The highest BCUT2D eigenvalue weighted by atomic mass is 16.5. The average Bonchev–Trinajstić information content (AvgIpc) is 3.01. The van der Waals surface area contributed by atoms with Crippen LogP contribution in [0.1, 0.15) is 6.92 Å². The van der Waals surface area contributed by atoms with Gasteiger partial charge in [-0.25, -0.2) is 0 Å². The van der Waals surface area contributed by atoms with Crippen LogP contribution in [0.3, 0.4) is 0 Å². The highest BCUT2D eigenvalue weighted by Crippen LogP contribution is 2.47. The lowest BCUT2D eigenvalue weighted by Crippen LogP contribution is -2.44. The van der Waals surface area contributed by atoms with Crippen LogP contribution in [0.5, 0.6) is 5.88 Å². The molecule has 1 fully saturated rings. The zero-order valence-corrected chi connectivity index (χ0v) is 12.0. The van der Waals surface area contributed by atoms with E-state index in [2.05, 4.69) is 15.5 Å². The van der Waals surface area contributed by atoms with E-state index in [1.165, 1.54) is 13.2 Å². The third-order valence-electron chi connectivity index (χ3n) is 4.01. The van der Waals surface area contributed by atoms with Crippen LogP contribution >= 0.6 is 0 Å². The molecule has 2 N–H and O–H groups in total. The summed E-state index contributed by atoms with van der Waals surface area (Å²) in [5, 5.41) is 19.5. The van der Waals surface area contributed by atoms with Crippen LogP contribution < -0.4 is 10.1 Å². The Bertz CT molecular complexity index is 644. The van der Waals surface area contributed by atoms with Gasteiger partial charge in [0.25, 0.3) is 0 Å². The molecule has 4 atom stereocenters.